The van der Waals surface area contributed by atoms with Gasteiger partial charge in [0.2, 0.25) is 11.5 Å². The fourth-order valence-electron chi connectivity index (χ4n) is 9.13. The van der Waals surface area contributed by atoms with Crippen molar-refractivity contribution in [1.29, 1.82) is 0 Å². The van der Waals surface area contributed by atoms with Crippen LogP contribution in [0.1, 0.15) is 73.4 Å². The molecule has 0 saturated heterocycles. The minimum atomic E-state index is -0.434. The van der Waals surface area contributed by atoms with Crippen LogP contribution in [0.25, 0.3) is 33.4 Å². The van der Waals surface area contributed by atoms with Gasteiger partial charge < -0.3 is 85.3 Å². The van der Waals surface area contributed by atoms with Crippen LogP contribution < -0.4 is 28.4 Å². The van der Waals surface area contributed by atoms with Gasteiger partial charge in [-0.05, 0) is 57.6 Å². The molecule has 6 aromatic rings. The molecule has 0 aliphatic rings. The first kappa shape index (κ1) is 79.0. The maximum atomic E-state index is 14.4. The number of esters is 6. The summed E-state index contributed by atoms with van der Waals surface area (Å²) in [6.07, 6.45) is 0. The van der Waals surface area contributed by atoms with Gasteiger partial charge in [-0.1, -0.05) is 97.1 Å². The minimum Gasteiger partial charge on any atom is -0.487 e. The first-order valence-electron chi connectivity index (χ1n) is 32.4. The predicted molar refractivity (Wildman–Crippen MR) is 360 cm³/mol. The summed E-state index contributed by atoms with van der Waals surface area (Å²) in [5.74, 6) is -2.23. The summed E-state index contributed by atoms with van der Waals surface area (Å²) in [6.45, 7) is 9.76. The van der Waals surface area contributed by atoms with Gasteiger partial charge >= 0.3 is 35.8 Å². The molecule has 0 heterocycles. The molecule has 6 aromatic carbocycles. The molecule has 26 heteroatoms. The highest BCUT2D eigenvalue weighted by Gasteiger charge is 2.23. The van der Waals surface area contributed by atoms with Crippen LogP contribution in [-0.4, -0.2) is 206 Å². The number of hydrogen-bond acceptors (Lipinski definition) is 26. The van der Waals surface area contributed by atoms with Crippen molar-refractivity contribution in [2.75, 3.05) is 159 Å². The fraction of sp³-hybridized carbons (Fsp3) is 0.405. The van der Waals surface area contributed by atoms with E-state index >= 15 is 0 Å². The lowest BCUT2D eigenvalue weighted by Gasteiger charge is -2.19. The lowest BCUT2D eigenvalue weighted by atomic mass is 9.96. The van der Waals surface area contributed by atoms with E-state index in [4.69, 9.17) is 85.3 Å². The van der Waals surface area contributed by atoms with Crippen LogP contribution in [-0.2, 0) is 85.6 Å². The smallest absolute Gasteiger partial charge is 0.302 e. The highest BCUT2D eigenvalue weighted by atomic mass is 16.6. The Hall–Kier alpha value is -9.96. The second-order valence-corrected chi connectivity index (χ2v) is 21.4. The lowest BCUT2D eigenvalue weighted by molar-refractivity contribution is -0.143. The molecule has 6 rings (SSSR count). The molecule has 0 bridgehead atoms. The molecule has 0 aliphatic carbocycles. The Morgan fingerprint density at radius 1 is 0.210 bits per heavy atom. The molecule has 0 saturated carbocycles. The first-order chi connectivity index (χ1) is 48.4. The summed E-state index contributed by atoms with van der Waals surface area (Å²) in [6, 6.07) is 36.7. The molecule has 0 aromatic heterocycles. The molecule has 0 atom stereocenters. The molecule has 100 heavy (non-hydrogen) atoms. The number of carbonyl (C=O) groups excluding carboxylic acids is 8. The molecule has 26 nitrogen and oxygen atoms in total. The van der Waals surface area contributed by atoms with Crippen LogP contribution in [0.4, 0.5) is 0 Å². The second kappa shape index (κ2) is 44.9. The van der Waals surface area contributed by atoms with Gasteiger partial charge in [0.1, 0.15) is 79.3 Å². The summed E-state index contributed by atoms with van der Waals surface area (Å²) < 4.78 is 100. The average Bonchev–Trinajstić information content (AvgIpc) is 0.810. The van der Waals surface area contributed by atoms with Gasteiger partial charge in [-0.15, -0.1) is 0 Å². The number of rotatable bonds is 49. The van der Waals surface area contributed by atoms with Crippen molar-refractivity contribution >= 4 is 47.4 Å². The zero-order chi connectivity index (χ0) is 71.7. The third kappa shape index (κ3) is 29.6. The van der Waals surface area contributed by atoms with Crippen molar-refractivity contribution in [1.82, 2.24) is 0 Å². The Labute approximate surface area is 580 Å². The van der Waals surface area contributed by atoms with Gasteiger partial charge in [-0.25, -0.2) is 0 Å². The van der Waals surface area contributed by atoms with E-state index in [9.17, 15) is 38.4 Å². The summed E-state index contributed by atoms with van der Waals surface area (Å²) in [5.41, 5.74) is 6.69. The van der Waals surface area contributed by atoms with Crippen molar-refractivity contribution in [3.63, 3.8) is 0 Å². The predicted octanol–water partition coefficient (Wildman–Crippen LogP) is 8.90. The van der Waals surface area contributed by atoms with E-state index in [0.717, 1.165) is 33.4 Å². The summed E-state index contributed by atoms with van der Waals surface area (Å²) in [5, 5.41) is 0. The maximum absolute atomic E-state index is 14.4. The molecule has 0 amide bonds. The average molecular weight is 1390 g/mol. The van der Waals surface area contributed by atoms with Crippen molar-refractivity contribution in [2.24, 2.45) is 0 Å². The third-order valence-electron chi connectivity index (χ3n) is 13.7. The summed E-state index contributed by atoms with van der Waals surface area (Å²) in [7, 11) is 0. The van der Waals surface area contributed by atoms with Crippen LogP contribution in [0, 0.1) is 0 Å². The number of benzene rings is 6. The largest absolute Gasteiger partial charge is 0.487 e. The Morgan fingerprint density at radius 3 is 0.570 bits per heavy atom. The van der Waals surface area contributed by atoms with Crippen molar-refractivity contribution in [3.8, 4) is 67.9 Å². The lowest BCUT2D eigenvalue weighted by Crippen LogP contribution is -2.16. The van der Waals surface area contributed by atoms with Gasteiger partial charge in [0, 0.05) is 63.8 Å². The number of ketones is 2. The van der Waals surface area contributed by atoms with Gasteiger partial charge in [0.05, 0.1) is 79.3 Å². The maximum Gasteiger partial charge on any atom is 0.302 e. The number of hydrogen-bond donors (Lipinski definition) is 0. The van der Waals surface area contributed by atoms with E-state index in [1.54, 1.807) is 48.5 Å². The zero-order valence-corrected chi connectivity index (χ0v) is 57.1. The van der Waals surface area contributed by atoms with Gasteiger partial charge in [0.15, 0.2) is 34.6 Å². The monoisotopic (exact) mass is 1390 g/mol. The Kier molecular flexibility index (Phi) is 35.4. The van der Waals surface area contributed by atoms with E-state index in [-0.39, 0.29) is 216 Å². The quantitative estimate of drug-likeness (QED) is 0.0149. The number of carbonyl (C=O) groups is 8. The molecule has 538 valence electrons. The highest BCUT2D eigenvalue weighted by Crippen LogP contribution is 2.42. The van der Waals surface area contributed by atoms with E-state index in [0.29, 0.717) is 11.1 Å². The molecule has 0 N–H and O–H groups in total. The molecule has 0 aliphatic heterocycles. The SMILES string of the molecule is CC(=O)OCCOCCOc1cc(C(=O)c2ccc(-c3ccc(-c4ccc(-c5ccc(C(=O)c6cc(OCCOCCOC(C)=O)c(OCCOCCOC(C)=O)c(OCCOCCOC(C)=O)c6)cc5)cc4)cc3)cc2)cc(OCCOCCOC(C)=O)c1OCCOCCOC(C)=O. The second-order valence-electron chi connectivity index (χ2n) is 21.4. The fourth-order valence-corrected chi connectivity index (χ4v) is 9.13. The van der Waals surface area contributed by atoms with E-state index in [2.05, 4.69) is 0 Å². The van der Waals surface area contributed by atoms with Crippen LogP contribution in [0.3, 0.4) is 0 Å². The minimum absolute atomic E-state index is 0.0210. The Balaban J connectivity index is 1.15. The summed E-state index contributed by atoms with van der Waals surface area (Å²) >= 11 is 0. The van der Waals surface area contributed by atoms with Gasteiger partial charge in [-0.2, -0.15) is 0 Å². The standard InChI is InChI=1S/C74H86O26/c1-51(75)89-35-23-83-29-41-95-67-47-65(48-68(96-42-30-84-24-36-90-52(2)76)73(67)99-45-33-87-27-39-93-55(5)79)71(81)63-19-15-61(16-20-63)59-11-7-57(8-12-59)58-9-13-60(14-10-58)62-17-21-64(22-18-62)72(82)66-49-69(97-43-31-85-25-37-91-53(3)77)74(100-46-34-88-28-40-94-56(6)80)70(50-66)98-44-32-86-26-38-92-54(4)78/h7-22,47-50H,23-46H2,1-6H3. The summed E-state index contributed by atoms with van der Waals surface area (Å²) in [4.78, 5) is 96.0. The molecular weight excluding hydrogens is 1300 g/mol. The molecular formula is C74H86O26. The van der Waals surface area contributed by atoms with Crippen LogP contribution in [0.5, 0.6) is 34.5 Å². The molecule has 0 fully saturated rings. The van der Waals surface area contributed by atoms with Crippen molar-refractivity contribution in [3.05, 3.63) is 144 Å². The molecule has 0 spiro atoms. The third-order valence-corrected chi connectivity index (χ3v) is 13.7. The number of ether oxygens (including phenoxy) is 18. The normalized spacial score (nSPS) is 10.8. The highest BCUT2D eigenvalue weighted by molar-refractivity contribution is 6.10. The molecule has 0 unspecified atom stereocenters. The van der Waals surface area contributed by atoms with E-state index in [1.165, 1.54) is 41.5 Å². The Bertz CT molecular complexity index is 3200. The van der Waals surface area contributed by atoms with Crippen LogP contribution >= 0.6 is 0 Å². The zero-order valence-electron chi connectivity index (χ0n) is 57.1. The van der Waals surface area contributed by atoms with Gasteiger partial charge in [-0.3, -0.25) is 38.4 Å². The van der Waals surface area contributed by atoms with Crippen LogP contribution in [0.15, 0.2) is 121 Å². The van der Waals surface area contributed by atoms with E-state index < -0.39 is 35.8 Å². The molecule has 0 radical (unpaired) electrons. The van der Waals surface area contributed by atoms with Crippen LogP contribution in [0.2, 0.25) is 0 Å². The first-order valence-corrected chi connectivity index (χ1v) is 32.4. The Morgan fingerprint density at radius 2 is 0.380 bits per heavy atom. The van der Waals surface area contributed by atoms with E-state index in [1.807, 2.05) is 72.8 Å². The van der Waals surface area contributed by atoms with Crippen molar-refractivity contribution < 1.29 is 124 Å². The van der Waals surface area contributed by atoms with Gasteiger partial charge in [0.25, 0.3) is 0 Å². The van der Waals surface area contributed by atoms with Crippen molar-refractivity contribution in [2.45, 2.75) is 41.5 Å². The topological polar surface area (TPSA) is 303 Å².